The lowest BCUT2D eigenvalue weighted by molar-refractivity contribution is -0.139. The molecule has 9 rings (SSSR count). The van der Waals surface area contributed by atoms with Crippen molar-refractivity contribution in [1.29, 1.82) is 5.26 Å². The predicted molar refractivity (Wildman–Crippen MR) is 286 cm³/mol. The third-order valence-electron chi connectivity index (χ3n) is 13.2. The molecule has 2 aliphatic heterocycles. The molecule has 6 N–H and O–H groups in total. The normalized spacial score (nSPS) is 14.0. The lowest BCUT2D eigenvalue weighted by Crippen LogP contribution is -2.44. The van der Waals surface area contributed by atoms with Gasteiger partial charge in [-0.25, -0.2) is 9.97 Å². The number of benzene rings is 3. The van der Waals surface area contributed by atoms with E-state index < -0.39 is 35.3 Å². The maximum atomic E-state index is 13.9. The van der Waals surface area contributed by atoms with Gasteiger partial charge in [-0.1, -0.05) is 41.9 Å². The zero-order valence-electron chi connectivity index (χ0n) is 42.7. The SMILES string of the molecule is Cc1ccc(C(=O)Nc2ccc(CN3CCN(C)CC3)c(C(F)(F)F)c2)cc1C#Cc1cnc(N)cc1C#N.Cc1ncc(C(=O)Nc2ccc(CN3CCCC3)c(C(F)(F)F)c2)cc1C#Cc1cnc(N)c2ncccc12. The van der Waals surface area contributed by atoms with E-state index in [1.165, 1.54) is 42.7 Å². The number of nitriles is 1. The van der Waals surface area contributed by atoms with Crippen LogP contribution < -0.4 is 22.1 Å². The molecule has 3 aromatic carbocycles. The van der Waals surface area contributed by atoms with Gasteiger partial charge in [0.05, 0.1) is 39.1 Å². The highest BCUT2D eigenvalue weighted by molar-refractivity contribution is 6.05. The number of hydrogen-bond donors (Lipinski definition) is 4. The second-order valence-corrected chi connectivity index (χ2v) is 18.8. The Morgan fingerprint density at radius 1 is 0.615 bits per heavy atom. The topological polar surface area (TPSA) is 195 Å². The third-order valence-corrected chi connectivity index (χ3v) is 13.2. The molecule has 7 aromatic rings. The van der Waals surface area contributed by atoms with Crippen molar-refractivity contribution in [3.8, 4) is 29.8 Å². The summed E-state index contributed by atoms with van der Waals surface area (Å²) in [5.74, 6) is 11.2. The van der Waals surface area contributed by atoms with Crippen molar-refractivity contribution >= 4 is 45.7 Å². The minimum atomic E-state index is -4.56. The number of likely N-dealkylation sites (tertiary alicyclic amines) is 1. The van der Waals surface area contributed by atoms with Crippen molar-refractivity contribution in [2.45, 2.75) is 52.1 Å². The van der Waals surface area contributed by atoms with Crippen LogP contribution in [0.3, 0.4) is 0 Å². The van der Waals surface area contributed by atoms with Crippen molar-refractivity contribution in [3.63, 3.8) is 0 Å². The number of piperazine rings is 1. The molecule has 0 spiro atoms. The molecule has 2 saturated heterocycles. The Balaban J connectivity index is 0.000000206. The average Bonchev–Trinajstić information content (AvgIpc) is 3.94. The van der Waals surface area contributed by atoms with Gasteiger partial charge in [0.15, 0.2) is 0 Å². The molecule has 4 aromatic heterocycles. The van der Waals surface area contributed by atoms with Crippen LogP contribution in [0, 0.1) is 48.9 Å². The second kappa shape index (κ2) is 24.0. The number of amides is 2. The van der Waals surface area contributed by atoms with Crippen LogP contribution in [0.1, 0.15) is 94.9 Å². The van der Waals surface area contributed by atoms with E-state index in [-0.39, 0.29) is 58.1 Å². The molecule has 0 unspecified atom stereocenters. The molecule has 78 heavy (non-hydrogen) atoms. The smallest absolute Gasteiger partial charge is 0.384 e. The van der Waals surface area contributed by atoms with Crippen LogP contribution in [-0.4, -0.2) is 92.8 Å². The van der Waals surface area contributed by atoms with E-state index in [4.69, 9.17) is 11.5 Å². The lowest BCUT2D eigenvalue weighted by Gasteiger charge is -2.33. The molecule has 0 bridgehead atoms. The molecule has 14 nitrogen and oxygen atoms in total. The molecule has 0 radical (unpaired) electrons. The van der Waals surface area contributed by atoms with Crippen LogP contribution in [0.4, 0.5) is 49.4 Å². The molecule has 2 aliphatic rings. The highest BCUT2D eigenvalue weighted by Gasteiger charge is 2.36. The van der Waals surface area contributed by atoms with Crippen molar-refractivity contribution < 1.29 is 35.9 Å². The molecular formula is C58H52F6N12O2. The number of likely N-dealkylation sites (N-methyl/N-ethyl adjacent to an activating group) is 1. The molecular weight excluding hydrogens is 1010 g/mol. The number of aromatic nitrogens is 4. The Kier molecular flexibility index (Phi) is 17.0. The number of nitrogens with one attached hydrogen (secondary N) is 2. The van der Waals surface area contributed by atoms with Gasteiger partial charge in [-0.05, 0) is 124 Å². The van der Waals surface area contributed by atoms with Crippen LogP contribution in [0.25, 0.3) is 10.9 Å². The van der Waals surface area contributed by atoms with Crippen molar-refractivity contribution in [2.24, 2.45) is 0 Å². The van der Waals surface area contributed by atoms with E-state index in [1.807, 2.05) is 35.9 Å². The Hall–Kier alpha value is -8.87. The molecule has 0 saturated carbocycles. The number of nitrogens with two attached hydrogens (primary N) is 2. The van der Waals surface area contributed by atoms with Gasteiger partial charge in [0.2, 0.25) is 0 Å². The second-order valence-electron chi connectivity index (χ2n) is 18.8. The standard InChI is InChI=1S/C29H25F3N6O.C29H27F3N6O/c1-18-19(6-7-20-15-36-27(33)26-24(20)5-4-10-34-26)13-22(16-35-18)28(39)37-23-9-8-21(17-38-11-2-3-12-38)25(14-23)29(30,31)32;1-19-3-4-21(13-20(19)5-6-22-17-35-27(34)14-24(22)16-33)28(39)36-25-8-7-23(26(15-25)29(30,31)32)18-38-11-9-37(2)10-12-38/h4-5,8-10,13-16H,2-3,11-12,17H2,1H3,(H2,33,36)(H,37,39);3-4,7-8,13-15,17H,9-12,18H2,1-2H3,(H2,34,35)(H,36,39). The summed E-state index contributed by atoms with van der Waals surface area (Å²) in [4.78, 5) is 48.7. The summed E-state index contributed by atoms with van der Waals surface area (Å²) in [6, 6.07) is 21.3. The first kappa shape index (κ1) is 55.4. The van der Waals surface area contributed by atoms with E-state index in [9.17, 15) is 41.2 Å². The summed E-state index contributed by atoms with van der Waals surface area (Å²) in [5.41, 5.74) is 15.1. The summed E-state index contributed by atoms with van der Waals surface area (Å²) < 4.78 is 83.2. The minimum absolute atomic E-state index is 0.0503. The maximum absolute atomic E-state index is 13.9. The van der Waals surface area contributed by atoms with Gasteiger partial charge in [0.25, 0.3) is 11.8 Å². The fraction of sp³-hybridized carbons (Fsp3) is 0.259. The van der Waals surface area contributed by atoms with Crippen molar-refractivity contribution in [2.75, 3.05) is 68.4 Å². The number of nitrogens with zero attached hydrogens (tertiary/aromatic N) is 8. The minimum Gasteiger partial charge on any atom is -0.384 e. The van der Waals surface area contributed by atoms with Gasteiger partial charge < -0.3 is 27.0 Å². The predicted octanol–water partition coefficient (Wildman–Crippen LogP) is 9.44. The molecule has 0 atom stereocenters. The van der Waals surface area contributed by atoms with Crippen LogP contribution in [0.15, 0.2) is 104 Å². The number of aryl methyl sites for hydroxylation is 2. The number of pyridine rings is 4. The molecule has 398 valence electrons. The highest BCUT2D eigenvalue weighted by atomic mass is 19.4. The monoisotopic (exact) mass is 1060 g/mol. The lowest BCUT2D eigenvalue weighted by atomic mass is 10.0. The average molecular weight is 1060 g/mol. The largest absolute Gasteiger partial charge is 0.416 e. The number of carbonyl (C=O) groups excluding carboxylic acids is 2. The fourth-order valence-corrected chi connectivity index (χ4v) is 8.75. The summed E-state index contributed by atoms with van der Waals surface area (Å²) >= 11 is 0. The number of hydrogen-bond acceptors (Lipinski definition) is 12. The number of halogens is 6. The van der Waals surface area contributed by atoms with Gasteiger partial charge in [-0.3, -0.25) is 29.4 Å². The van der Waals surface area contributed by atoms with Crippen LogP contribution in [-0.2, 0) is 25.4 Å². The van der Waals surface area contributed by atoms with Gasteiger partial charge in [0.1, 0.15) is 23.2 Å². The van der Waals surface area contributed by atoms with E-state index in [0.717, 1.165) is 62.1 Å². The first-order valence-electron chi connectivity index (χ1n) is 24.6. The number of alkyl halides is 6. The Morgan fingerprint density at radius 3 is 1.81 bits per heavy atom. The van der Waals surface area contributed by atoms with Crippen molar-refractivity contribution in [1.82, 2.24) is 34.6 Å². The first-order chi connectivity index (χ1) is 37.2. The highest BCUT2D eigenvalue weighted by Crippen LogP contribution is 2.36. The summed E-state index contributed by atoms with van der Waals surface area (Å²) in [7, 11) is 1.99. The van der Waals surface area contributed by atoms with Crippen LogP contribution in [0.5, 0.6) is 0 Å². The Morgan fingerprint density at radius 2 is 1.18 bits per heavy atom. The third kappa shape index (κ3) is 13.9. The molecule has 6 heterocycles. The van der Waals surface area contributed by atoms with Crippen LogP contribution >= 0.6 is 0 Å². The summed E-state index contributed by atoms with van der Waals surface area (Å²) in [6.07, 6.45) is -1.20. The van der Waals surface area contributed by atoms with Gasteiger partial charge in [-0.15, -0.1) is 0 Å². The van der Waals surface area contributed by atoms with E-state index in [1.54, 1.807) is 49.6 Å². The Labute approximate surface area is 446 Å². The number of carbonyl (C=O) groups is 2. The molecule has 2 fully saturated rings. The van der Waals surface area contributed by atoms with Gasteiger partial charge in [0, 0.05) is 97.5 Å². The van der Waals surface area contributed by atoms with Gasteiger partial charge in [-0.2, -0.15) is 31.6 Å². The van der Waals surface area contributed by atoms with E-state index in [0.29, 0.717) is 52.4 Å². The summed E-state index contributed by atoms with van der Waals surface area (Å²) in [6.45, 7) is 8.52. The maximum Gasteiger partial charge on any atom is 0.416 e. The number of rotatable bonds is 8. The fourth-order valence-electron chi connectivity index (χ4n) is 8.75. The van der Waals surface area contributed by atoms with Crippen molar-refractivity contribution in [3.05, 3.63) is 176 Å². The number of anilines is 4. The molecule has 0 aliphatic carbocycles. The van der Waals surface area contributed by atoms with E-state index in [2.05, 4.69) is 59.2 Å². The summed E-state index contributed by atoms with van der Waals surface area (Å²) in [5, 5.41) is 15.2. The zero-order valence-corrected chi connectivity index (χ0v) is 42.7. The number of nitrogen functional groups attached to an aromatic ring is 2. The molecule has 2 amide bonds. The zero-order chi connectivity index (χ0) is 55.7. The van der Waals surface area contributed by atoms with Crippen LogP contribution in [0.2, 0.25) is 0 Å². The van der Waals surface area contributed by atoms with Gasteiger partial charge >= 0.3 is 12.4 Å². The van der Waals surface area contributed by atoms with E-state index >= 15 is 0 Å². The quantitative estimate of drug-likeness (QED) is 0.0833. The molecule has 20 heteroatoms. The first-order valence-corrected chi connectivity index (χ1v) is 24.6. The Bertz CT molecular complexity index is 3580. The number of fused-ring (bicyclic) bond motifs is 1.